The average molecular weight is 363 g/mol. The molecule has 0 aliphatic rings. The van der Waals surface area contributed by atoms with Gasteiger partial charge >= 0.3 is 0 Å². The Kier molecular flexibility index (Phi) is 5.84. The number of amides is 1. The molecule has 3 N–H and O–H groups in total. The molecular formula is C20H21N5O2. The minimum atomic E-state index is -0.106. The van der Waals surface area contributed by atoms with Gasteiger partial charge in [-0.2, -0.15) is 4.98 Å². The lowest BCUT2D eigenvalue weighted by molar-refractivity contribution is -0.114. The van der Waals surface area contributed by atoms with Crippen LogP contribution in [0.1, 0.15) is 13.8 Å². The molecule has 0 fully saturated rings. The molecule has 0 aliphatic carbocycles. The quantitative estimate of drug-likeness (QED) is 0.579. The Hall–Kier alpha value is -3.61. The van der Waals surface area contributed by atoms with Crippen LogP contribution in [0.3, 0.4) is 0 Å². The van der Waals surface area contributed by atoms with Gasteiger partial charge in [-0.05, 0) is 49.4 Å². The van der Waals surface area contributed by atoms with E-state index in [0.29, 0.717) is 18.4 Å². The summed E-state index contributed by atoms with van der Waals surface area (Å²) >= 11 is 0. The van der Waals surface area contributed by atoms with Gasteiger partial charge in [0.05, 0.1) is 12.3 Å². The molecule has 2 aromatic carbocycles. The summed E-state index contributed by atoms with van der Waals surface area (Å²) in [4.78, 5) is 19.8. The van der Waals surface area contributed by atoms with Crippen molar-refractivity contribution in [3.63, 3.8) is 0 Å². The smallest absolute Gasteiger partial charge is 0.229 e. The van der Waals surface area contributed by atoms with Crippen LogP contribution in [0.15, 0.2) is 60.8 Å². The molecule has 138 valence electrons. The summed E-state index contributed by atoms with van der Waals surface area (Å²) in [5.41, 5.74) is 2.39. The molecule has 7 nitrogen and oxygen atoms in total. The predicted octanol–water partition coefficient (Wildman–Crippen LogP) is 4.32. The van der Waals surface area contributed by atoms with Gasteiger partial charge < -0.3 is 20.7 Å². The SMILES string of the molecule is CCOc1ccccc1Nc1ccnc(Nc2ccc(NC(C)=O)cc2)n1. The first-order valence-electron chi connectivity index (χ1n) is 8.60. The van der Waals surface area contributed by atoms with Crippen LogP contribution >= 0.6 is 0 Å². The summed E-state index contributed by atoms with van der Waals surface area (Å²) < 4.78 is 5.62. The Labute approximate surface area is 157 Å². The highest BCUT2D eigenvalue weighted by atomic mass is 16.5. The number of carbonyl (C=O) groups is 1. The Morgan fingerprint density at radius 3 is 2.48 bits per heavy atom. The van der Waals surface area contributed by atoms with Gasteiger partial charge in [0.15, 0.2) is 0 Å². The lowest BCUT2D eigenvalue weighted by Gasteiger charge is -2.12. The minimum absolute atomic E-state index is 0.106. The molecule has 0 saturated heterocycles. The van der Waals surface area contributed by atoms with Crippen LogP contribution < -0.4 is 20.7 Å². The molecule has 1 amide bonds. The van der Waals surface area contributed by atoms with Gasteiger partial charge in [-0.3, -0.25) is 4.79 Å². The van der Waals surface area contributed by atoms with Gasteiger partial charge in [0.1, 0.15) is 11.6 Å². The van der Waals surface area contributed by atoms with Gasteiger partial charge in [0.25, 0.3) is 0 Å². The number of hydrogen-bond donors (Lipinski definition) is 3. The van der Waals surface area contributed by atoms with Crippen LogP contribution in [-0.4, -0.2) is 22.5 Å². The standard InChI is InChI=1S/C20H21N5O2/c1-3-27-18-7-5-4-6-17(18)24-19-12-13-21-20(25-19)23-16-10-8-15(9-11-16)22-14(2)26/h4-13H,3H2,1-2H3,(H,22,26)(H2,21,23,24,25). The van der Waals surface area contributed by atoms with E-state index in [0.717, 1.165) is 22.8 Å². The van der Waals surface area contributed by atoms with E-state index in [1.807, 2.05) is 55.5 Å². The Morgan fingerprint density at radius 1 is 1.00 bits per heavy atom. The van der Waals surface area contributed by atoms with Crippen LogP contribution in [0.25, 0.3) is 0 Å². The third-order valence-corrected chi connectivity index (χ3v) is 3.57. The Bertz CT molecular complexity index is 912. The number of nitrogens with zero attached hydrogens (tertiary/aromatic N) is 2. The zero-order chi connectivity index (χ0) is 19.1. The molecule has 0 unspecified atom stereocenters. The third-order valence-electron chi connectivity index (χ3n) is 3.57. The molecule has 7 heteroatoms. The van der Waals surface area contributed by atoms with Crippen LogP contribution in [-0.2, 0) is 4.79 Å². The number of carbonyl (C=O) groups excluding carboxylic acids is 1. The van der Waals surface area contributed by atoms with Gasteiger partial charge in [0, 0.05) is 24.5 Å². The maximum atomic E-state index is 11.1. The van der Waals surface area contributed by atoms with Gasteiger partial charge in [0.2, 0.25) is 11.9 Å². The zero-order valence-electron chi connectivity index (χ0n) is 15.2. The largest absolute Gasteiger partial charge is 0.492 e. The molecule has 27 heavy (non-hydrogen) atoms. The molecule has 3 rings (SSSR count). The van der Waals surface area contributed by atoms with Crippen molar-refractivity contribution in [1.82, 2.24) is 9.97 Å². The molecule has 3 aromatic rings. The van der Waals surface area contributed by atoms with E-state index in [9.17, 15) is 4.79 Å². The second kappa shape index (κ2) is 8.66. The van der Waals surface area contributed by atoms with E-state index in [1.54, 1.807) is 12.3 Å². The highest BCUT2D eigenvalue weighted by Gasteiger charge is 2.05. The van der Waals surface area contributed by atoms with E-state index in [-0.39, 0.29) is 5.91 Å². The Balaban J connectivity index is 1.71. The van der Waals surface area contributed by atoms with Crippen molar-refractivity contribution in [3.8, 4) is 5.75 Å². The first-order chi connectivity index (χ1) is 13.1. The van der Waals surface area contributed by atoms with Crippen LogP contribution in [0.2, 0.25) is 0 Å². The zero-order valence-corrected chi connectivity index (χ0v) is 15.2. The molecule has 0 saturated carbocycles. The summed E-state index contributed by atoms with van der Waals surface area (Å²) in [5, 5.41) is 9.12. The van der Waals surface area contributed by atoms with Crippen molar-refractivity contribution in [3.05, 3.63) is 60.8 Å². The molecule has 0 radical (unpaired) electrons. The third kappa shape index (κ3) is 5.18. The van der Waals surface area contributed by atoms with Crippen LogP contribution in [0, 0.1) is 0 Å². The van der Waals surface area contributed by atoms with Gasteiger partial charge in [-0.15, -0.1) is 0 Å². The first kappa shape index (κ1) is 18.2. The maximum Gasteiger partial charge on any atom is 0.229 e. The normalized spacial score (nSPS) is 10.1. The number of ether oxygens (including phenoxy) is 1. The number of anilines is 5. The van der Waals surface area contributed by atoms with E-state index >= 15 is 0 Å². The number of aromatic nitrogens is 2. The number of nitrogens with one attached hydrogen (secondary N) is 3. The van der Waals surface area contributed by atoms with Crippen molar-refractivity contribution in [2.24, 2.45) is 0 Å². The molecular weight excluding hydrogens is 342 g/mol. The molecule has 1 heterocycles. The Morgan fingerprint density at radius 2 is 1.74 bits per heavy atom. The second-order valence-corrected chi connectivity index (χ2v) is 5.70. The van der Waals surface area contributed by atoms with Gasteiger partial charge in [-0.25, -0.2) is 4.98 Å². The number of para-hydroxylation sites is 2. The van der Waals surface area contributed by atoms with Crippen LogP contribution in [0.4, 0.5) is 28.8 Å². The number of hydrogen-bond acceptors (Lipinski definition) is 6. The van der Waals surface area contributed by atoms with Crippen molar-refractivity contribution in [2.75, 3.05) is 22.6 Å². The minimum Gasteiger partial charge on any atom is -0.492 e. The monoisotopic (exact) mass is 363 g/mol. The van der Waals surface area contributed by atoms with Crippen molar-refractivity contribution in [1.29, 1.82) is 0 Å². The van der Waals surface area contributed by atoms with Crippen molar-refractivity contribution < 1.29 is 9.53 Å². The van der Waals surface area contributed by atoms with Crippen molar-refractivity contribution >= 4 is 34.7 Å². The summed E-state index contributed by atoms with van der Waals surface area (Å²) in [6.07, 6.45) is 1.67. The lowest BCUT2D eigenvalue weighted by Crippen LogP contribution is -2.05. The topological polar surface area (TPSA) is 88.2 Å². The summed E-state index contributed by atoms with van der Waals surface area (Å²) in [6.45, 7) is 4.01. The molecule has 0 spiro atoms. The first-order valence-corrected chi connectivity index (χ1v) is 8.60. The fraction of sp³-hybridized carbons (Fsp3) is 0.150. The highest BCUT2D eigenvalue weighted by Crippen LogP contribution is 2.27. The predicted molar refractivity (Wildman–Crippen MR) is 107 cm³/mol. The maximum absolute atomic E-state index is 11.1. The summed E-state index contributed by atoms with van der Waals surface area (Å²) in [7, 11) is 0. The van der Waals surface area contributed by atoms with Crippen LogP contribution in [0.5, 0.6) is 5.75 Å². The summed E-state index contributed by atoms with van der Waals surface area (Å²) in [5.74, 6) is 1.77. The molecule has 0 aliphatic heterocycles. The van der Waals surface area contributed by atoms with E-state index in [4.69, 9.17) is 4.74 Å². The highest BCUT2D eigenvalue weighted by molar-refractivity contribution is 5.88. The average Bonchev–Trinajstić information content (AvgIpc) is 2.65. The van der Waals surface area contributed by atoms with Gasteiger partial charge in [-0.1, -0.05) is 12.1 Å². The van der Waals surface area contributed by atoms with E-state index in [2.05, 4.69) is 25.9 Å². The lowest BCUT2D eigenvalue weighted by atomic mass is 10.3. The molecule has 0 atom stereocenters. The summed E-state index contributed by atoms with van der Waals surface area (Å²) in [6, 6.07) is 16.8. The molecule has 0 bridgehead atoms. The molecule has 1 aromatic heterocycles. The number of benzene rings is 2. The van der Waals surface area contributed by atoms with Crippen molar-refractivity contribution in [2.45, 2.75) is 13.8 Å². The number of rotatable bonds is 7. The van der Waals surface area contributed by atoms with E-state index < -0.39 is 0 Å². The fourth-order valence-electron chi connectivity index (χ4n) is 2.45. The fourth-order valence-corrected chi connectivity index (χ4v) is 2.45. The second-order valence-electron chi connectivity index (χ2n) is 5.70. The van der Waals surface area contributed by atoms with E-state index in [1.165, 1.54) is 6.92 Å².